The van der Waals surface area contributed by atoms with Gasteiger partial charge in [0.05, 0.1) is 15.9 Å². The van der Waals surface area contributed by atoms with Crippen molar-refractivity contribution in [2.24, 2.45) is 0 Å². The number of halogens is 1. The molecule has 0 radical (unpaired) electrons. The number of aryl methyl sites for hydroxylation is 2. The molecule has 0 aliphatic rings. The Morgan fingerprint density at radius 1 is 1.62 bits per heavy atom. The molecule has 0 unspecified atom stereocenters. The molecule has 0 aliphatic heterocycles. The van der Waals surface area contributed by atoms with Crippen molar-refractivity contribution < 1.29 is 0 Å². The highest BCUT2D eigenvalue weighted by molar-refractivity contribution is 9.10. The van der Waals surface area contributed by atoms with Crippen molar-refractivity contribution in [1.29, 1.82) is 0 Å². The monoisotopic (exact) mass is 242 g/mol. The molecule has 1 rings (SSSR count). The SMILES string of the molecule is C=CCCc1c(Br)c(C)nn1CC. The summed E-state index contributed by atoms with van der Waals surface area (Å²) < 4.78 is 3.19. The fraction of sp³-hybridized carbons (Fsp3) is 0.500. The van der Waals surface area contributed by atoms with Crippen LogP contribution >= 0.6 is 15.9 Å². The second-order valence-corrected chi connectivity index (χ2v) is 3.78. The lowest BCUT2D eigenvalue weighted by Crippen LogP contribution is -2.02. The van der Waals surface area contributed by atoms with Crippen LogP contribution in [0.5, 0.6) is 0 Å². The molecule has 3 heteroatoms. The lowest BCUT2D eigenvalue weighted by molar-refractivity contribution is 0.615. The van der Waals surface area contributed by atoms with Crippen LogP contribution in [0.2, 0.25) is 0 Å². The summed E-state index contributed by atoms with van der Waals surface area (Å²) in [5.41, 5.74) is 2.35. The number of hydrogen-bond donors (Lipinski definition) is 0. The minimum atomic E-state index is 0.929. The molecule has 1 aromatic rings. The molecular formula is C10H15BrN2. The maximum Gasteiger partial charge on any atom is 0.0738 e. The van der Waals surface area contributed by atoms with Gasteiger partial charge in [-0.1, -0.05) is 6.08 Å². The fourth-order valence-corrected chi connectivity index (χ4v) is 1.83. The zero-order valence-corrected chi connectivity index (χ0v) is 9.76. The van der Waals surface area contributed by atoms with E-state index < -0.39 is 0 Å². The highest BCUT2D eigenvalue weighted by Crippen LogP contribution is 2.22. The summed E-state index contributed by atoms with van der Waals surface area (Å²) in [7, 11) is 0. The van der Waals surface area contributed by atoms with Crippen molar-refractivity contribution >= 4 is 15.9 Å². The first kappa shape index (κ1) is 10.5. The Morgan fingerprint density at radius 3 is 2.85 bits per heavy atom. The van der Waals surface area contributed by atoms with Crippen molar-refractivity contribution in [3.63, 3.8) is 0 Å². The van der Waals surface area contributed by atoms with Crippen LogP contribution in [0, 0.1) is 6.92 Å². The molecule has 0 saturated heterocycles. The molecule has 0 aromatic carbocycles. The van der Waals surface area contributed by atoms with Gasteiger partial charge in [0, 0.05) is 6.54 Å². The van der Waals surface area contributed by atoms with Gasteiger partial charge in [-0.25, -0.2) is 0 Å². The van der Waals surface area contributed by atoms with Gasteiger partial charge in [-0.3, -0.25) is 4.68 Å². The molecule has 1 aromatic heterocycles. The maximum atomic E-state index is 4.42. The Morgan fingerprint density at radius 2 is 2.31 bits per heavy atom. The van der Waals surface area contributed by atoms with Gasteiger partial charge in [0.1, 0.15) is 0 Å². The summed E-state index contributed by atoms with van der Waals surface area (Å²) >= 11 is 3.55. The lowest BCUT2D eigenvalue weighted by atomic mass is 10.2. The molecule has 1 heterocycles. The van der Waals surface area contributed by atoms with Crippen LogP contribution < -0.4 is 0 Å². The first-order valence-electron chi connectivity index (χ1n) is 4.53. The average molecular weight is 243 g/mol. The first-order chi connectivity index (χ1) is 6.20. The molecule has 0 atom stereocenters. The smallest absolute Gasteiger partial charge is 0.0738 e. The van der Waals surface area contributed by atoms with E-state index in [-0.39, 0.29) is 0 Å². The summed E-state index contributed by atoms with van der Waals surface area (Å²) in [5.74, 6) is 0. The lowest BCUT2D eigenvalue weighted by Gasteiger charge is -2.02. The summed E-state index contributed by atoms with van der Waals surface area (Å²) in [6.45, 7) is 8.78. The number of hydrogen-bond acceptors (Lipinski definition) is 1. The average Bonchev–Trinajstić information content (AvgIpc) is 2.40. The van der Waals surface area contributed by atoms with Gasteiger partial charge < -0.3 is 0 Å². The number of rotatable bonds is 4. The summed E-state index contributed by atoms with van der Waals surface area (Å²) in [4.78, 5) is 0. The normalized spacial score (nSPS) is 10.4. The molecule has 72 valence electrons. The Kier molecular flexibility index (Phi) is 3.72. The number of nitrogens with zero attached hydrogens (tertiary/aromatic N) is 2. The number of allylic oxidation sites excluding steroid dienone is 1. The van der Waals surface area contributed by atoms with Gasteiger partial charge in [0.2, 0.25) is 0 Å². The topological polar surface area (TPSA) is 17.8 Å². The van der Waals surface area contributed by atoms with Gasteiger partial charge in [-0.15, -0.1) is 6.58 Å². The Labute approximate surface area is 87.8 Å². The van der Waals surface area contributed by atoms with Crippen molar-refractivity contribution in [1.82, 2.24) is 9.78 Å². The van der Waals surface area contributed by atoms with Gasteiger partial charge in [0.15, 0.2) is 0 Å². The van der Waals surface area contributed by atoms with Crippen molar-refractivity contribution in [2.75, 3.05) is 0 Å². The van der Waals surface area contributed by atoms with Crippen LogP contribution in [0.25, 0.3) is 0 Å². The molecule has 0 amide bonds. The van der Waals surface area contributed by atoms with Crippen molar-refractivity contribution in [3.8, 4) is 0 Å². The van der Waals surface area contributed by atoms with E-state index in [9.17, 15) is 0 Å². The highest BCUT2D eigenvalue weighted by Gasteiger charge is 2.10. The highest BCUT2D eigenvalue weighted by atomic mass is 79.9. The second-order valence-electron chi connectivity index (χ2n) is 2.99. The molecule has 2 nitrogen and oxygen atoms in total. The Hall–Kier alpha value is -0.570. The summed E-state index contributed by atoms with van der Waals surface area (Å²) in [5, 5.41) is 4.42. The van der Waals surface area contributed by atoms with E-state index >= 15 is 0 Å². The van der Waals surface area contributed by atoms with Gasteiger partial charge >= 0.3 is 0 Å². The largest absolute Gasteiger partial charge is 0.268 e. The van der Waals surface area contributed by atoms with E-state index in [1.807, 2.05) is 17.7 Å². The molecule has 0 saturated carbocycles. The minimum absolute atomic E-state index is 0.929. The molecular weight excluding hydrogens is 228 g/mol. The van der Waals surface area contributed by atoms with Crippen molar-refractivity contribution in [2.45, 2.75) is 33.2 Å². The maximum absolute atomic E-state index is 4.42. The molecule has 0 fully saturated rings. The number of aromatic nitrogens is 2. The predicted molar refractivity (Wildman–Crippen MR) is 58.9 cm³/mol. The molecule has 0 bridgehead atoms. The van der Waals surface area contributed by atoms with E-state index in [1.165, 1.54) is 5.69 Å². The third kappa shape index (κ3) is 2.21. The van der Waals surface area contributed by atoms with E-state index in [1.54, 1.807) is 0 Å². The van der Waals surface area contributed by atoms with Crippen LogP contribution in [0.1, 0.15) is 24.7 Å². The zero-order chi connectivity index (χ0) is 9.84. The summed E-state index contributed by atoms with van der Waals surface area (Å²) in [6.07, 6.45) is 3.96. The van der Waals surface area contributed by atoms with Gasteiger partial charge in [-0.2, -0.15) is 5.10 Å². The van der Waals surface area contributed by atoms with Gasteiger partial charge in [0.25, 0.3) is 0 Å². The van der Waals surface area contributed by atoms with Crippen molar-refractivity contribution in [3.05, 3.63) is 28.5 Å². The predicted octanol–water partition coefficient (Wildman–Crippen LogP) is 3.09. The third-order valence-electron chi connectivity index (χ3n) is 2.04. The van der Waals surface area contributed by atoms with Crippen LogP contribution in [-0.2, 0) is 13.0 Å². The molecule has 0 aliphatic carbocycles. The fourth-order valence-electron chi connectivity index (χ4n) is 1.35. The summed E-state index contributed by atoms with van der Waals surface area (Å²) in [6, 6.07) is 0. The molecule has 0 spiro atoms. The third-order valence-corrected chi connectivity index (χ3v) is 3.07. The quantitative estimate of drug-likeness (QED) is 0.743. The van der Waals surface area contributed by atoms with Crippen LogP contribution in [0.4, 0.5) is 0 Å². The van der Waals surface area contributed by atoms with Crippen LogP contribution in [0.15, 0.2) is 17.1 Å². The van der Waals surface area contributed by atoms with E-state index in [0.29, 0.717) is 0 Å². The molecule has 13 heavy (non-hydrogen) atoms. The van der Waals surface area contributed by atoms with Crippen LogP contribution in [0.3, 0.4) is 0 Å². The Balaban J connectivity index is 2.94. The van der Waals surface area contributed by atoms with Gasteiger partial charge in [-0.05, 0) is 42.6 Å². The van der Waals surface area contributed by atoms with E-state index in [0.717, 1.165) is 29.6 Å². The standard InChI is InChI=1S/C10H15BrN2/c1-4-6-7-9-10(11)8(3)12-13(9)5-2/h4H,1,5-7H2,2-3H3. The van der Waals surface area contributed by atoms with Crippen LogP contribution in [-0.4, -0.2) is 9.78 Å². The molecule has 0 N–H and O–H groups in total. The minimum Gasteiger partial charge on any atom is -0.268 e. The van der Waals surface area contributed by atoms with E-state index in [2.05, 4.69) is 34.5 Å². The Bertz CT molecular complexity index is 302. The first-order valence-corrected chi connectivity index (χ1v) is 5.32. The second kappa shape index (κ2) is 4.61. The zero-order valence-electron chi connectivity index (χ0n) is 8.18. The van der Waals surface area contributed by atoms with E-state index in [4.69, 9.17) is 0 Å².